The first-order chi connectivity index (χ1) is 9.97. The van der Waals surface area contributed by atoms with Gasteiger partial charge >= 0.3 is 0 Å². The summed E-state index contributed by atoms with van der Waals surface area (Å²) in [5.41, 5.74) is 0.0257. The van der Waals surface area contributed by atoms with Gasteiger partial charge in [-0.2, -0.15) is 0 Å². The van der Waals surface area contributed by atoms with Crippen LogP contribution < -0.4 is 4.74 Å². The minimum Gasteiger partial charge on any atom is -0.491 e. The van der Waals surface area contributed by atoms with E-state index in [9.17, 15) is 4.79 Å². The van der Waals surface area contributed by atoms with Gasteiger partial charge in [0.05, 0.1) is 6.10 Å². The number of carbonyl (C=O) groups is 1. The van der Waals surface area contributed by atoms with Crippen LogP contribution in [0, 0.1) is 5.92 Å². The summed E-state index contributed by atoms with van der Waals surface area (Å²) in [7, 11) is 1.66. The molecule has 1 fully saturated rings. The van der Waals surface area contributed by atoms with Crippen molar-refractivity contribution in [1.82, 2.24) is 0 Å². The number of hydrogen-bond acceptors (Lipinski definition) is 3. The standard InChI is InChI=1S/C18H26O3/c1-13(2)21-16-9-5-8-15(11-16)17(19)18(20-4)10-6-7-14(3)12-18/h5,8-9,11,13-14H,6-7,10,12H2,1-4H3. The molecule has 0 bridgehead atoms. The zero-order chi connectivity index (χ0) is 15.5. The molecular weight excluding hydrogens is 264 g/mol. The lowest BCUT2D eigenvalue weighted by Crippen LogP contribution is -2.44. The smallest absolute Gasteiger partial charge is 0.194 e. The number of ketones is 1. The number of hydrogen-bond donors (Lipinski definition) is 0. The lowest BCUT2D eigenvalue weighted by Gasteiger charge is -2.37. The Labute approximate surface area is 127 Å². The van der Waals surface area contributed by atoms with Crippen LogP contribution in [0.4, 0.5) is 0 Å². The molecule has 0 N–H and O–H groups in total. The van der Waals surface area contributed by atoms with Gasteiger partial charge in [-0.1, -0.05) is 25.5 Å². The van der Waals surface area contributed by atoms with E-state index < -0.39 is 5.60 Å². The zero-order valence-electron chi connectivity index (χ0n) is 13.5. The average Bonchev–Trinajstić information content (AvgIpc) is 2.46. The fraction of sp³-hybridized carbons (Fsp3) is 0.611. The summed E-state index contributed by atoms with van der Waals surface area (Å²) < 4.78 is 11.4. The number of methoxy groups -OCH3 is 1. The van der Waals surface area contributed by atoms with E-state index in [2.05, 4.69) is 6.92 Å². The predicted octanol–water partition coefficient (Wildman–Crippen LogP) is 4.25. The molecule has 21 heavy (non-hydrogen) atoms. The molecule has 2 atom stereocenters. The van der Waals surface area contributed by atoms with Gasteiger partial charge in [-0.05, 0) is 51.2 Å². The van der Waals surface area contributed by atoms with Gasteiger partial charge in [-0.15, -0.1) is 0 Å². The number of carbonyl (C=O) groups excluding carboxylic acids is 1. The fourth-order valence-corrected chi connectivity index (χ4v) is 3.23. The Morgan fingerprint density at radius 2 is 2.14 bits per heavy atom. The highest BCUT2D eigenvalue weighted by molar-refractivity contribution is 6.02. The minimum atomic E-state index is -0.659. The Hall–Kier alpha value is -1.35. The summed E-state index contributed by atoms with van der Waals surface area (Å²) in [6.07, 6.45) is 3.93. The Bertz CT molecular complexity index is 495. The van der Waals surface area contributed by atoms with Gasteiger partial charge in [0.25, 0.3) is 0 Å². The summed E-state index contributed by atoms with van der Waals surface area (Å²) in [4.78, 5) is 13.0. The SMILES string of the molecule is COC1(C(=O)c2cccc(OC(C)C)c2)CCCC(C)C1. The monoisotopic (exact) mass is 290 g/mol. The van der Waals surface area contributed by atoms with E-state index in [0.29, 0.717) is 11.5 Å². The first-order valence-electron chi connectivity index (χ1n) is 7.83. The van der Waals surface area contributed by atoms with Gasteiger partial charge in [-0.25, -0.2) is 0 Å². The number of rotatable bonds is 5. The van der Waals surface area contributed by atoms with Crippen molar-refractivity contribution in [2.75, 3.05) is 7.11 Å². The first kappa shape index (κ1) is 16.0. The average molecular weight is 290 g/mol. The number of ether oxygens (including phenoxy) is 2. The fourth-order valence-electron chi connectivity index (χ4n) is 3.23. The molecule has 3 heteroatoms. The maximum atomic E-state index is 13.0. The lowest BCUT2D eigenvalue weighted by atomic mass is 9.75. The highest BCUT2D eigenvalue weighted by atomic mass is 16.5. The summed E-state index contributed by atoms with van der Waals surface area (Å²) in [6, 6.07) is 7.46. The summed E-state index contributed by atoms with van der Waals surface area (Å²) >= 11 is 0. The van der Waals surface area contributed by atoms with E-state index in [1.807, 2.05) is 38.1 Å². The van der Waals surface area contributed by atoms with Crippen LogP contribution in [0.3, 0.4) is 0 Å². The molecule has 0 radical (unpaired) electrons. The molecule has 116 valence electrons. The third kappa shape index (κ3) is 3.65. The van der Waals surface area contributed by atoms with Gasteiger partial charge in [0.15, 0.2) is 5.78 Å². The molecule has 0 amide bonds. The third-order valence-corrected chi connectivity index (χ3v) is 4.23. The van der Waals surface area contributed by atoms with E-state index in [0.717, 1.165) is 25.0 Å². The van der Waals surface area contributed by atoms with Crippen LogP contribution in [-0.4, -0.2) is 24.6 Å². The molecule has 0 spiro atoms. The van der Waals surface area contributed by atoms with Crippen molar-refractivity contribution in [2.24, 2.45) is 5.92 Å². The van der Waals surface area contributed by atoms with Crippen molar-refractivity contribution in [3.63, 3.8) is 0 Å². The highest BCUT2D eigenvalue weighted by Crippen LogP contribution is 2.37. The second kappa shape index (κ2) is 6.61. The maximum absolute atomic E-state index is 13.0. The summed E-state index contributed by atoms with van der Waals surface area (Å²) in [5.74, 6) is 1.36. The topological polar surface area (TPSA) is 35.5 Å². The molecule has 1 saturated carbocycles. The van der Waals surface area contributed by atoms with Crippen LogP contribution in [0.5, 0.6) is 5.75 Å². The van der Waals surface area contributed by atoms with Crippen LogP contribution in [0.1, 0.15) is 56.8 Å². The first-order valence-corrected chi connectivity index (χ1v) is 7.83. The van der Waals surface area contributed by atoms with Gasteiger partial charge in [0.1, 0.15) is 11.4 Å². The zero-order valence-corrected chi connectivity index (χ0v) is 13.5. The normalized spacial score (nSPS) is 25.9. The quantitative estimate of drug-likeness (QED) is 0.760. The van der Waals surface area contributed by atoms with E-state index in [1.165, 1.54) is 6.42 Å². The molecule has 0 saturated heterocycles. The Morgan fingerprint density at radius 3 is 2.76 bits per heavy atom. The van der Waals surface area contributed by atoms with Crippen LogP contribution >= 0.6 is 0 Å². The maximum Gasteiger partial charge on any atom is 0.194 e. The largest absolute Gasteiger partial charge is 0.491 e. The molecule has 1 aromatic rings. The van der Waals surface area contributed by atoms with Crippen molar-refractivity contribution in [3.8, 4) is 5.75 Å². The van der Waals surface area contributed by atoms with Crippen LogP contribution in [0.2, 0.25) is 0 Å². The van der Waals surface area contributed by atoms with E-state index in [4.69, 9.17) is 9.47 Å². The summed E-state index contributed by atoms with van der Waals surface area (Å²) in [5, 5.41) is 0. The second-order valence-electron chi connectivity index (χ2n) is 6.42. The van der Waals surface area contributed by atoms with Crippen molar-refractivity contribution in [1.29, 1.82) is 0 Å². The van der Waals surface area contributed by atoms with Gasteiger partial charge < -0.3 is 9.47 Å². The van der Waals surface area contributed by atoms with Crippen LogP contribution in [0.15, 0.2) is 24.3 Å². The molecule has 0 heterocycles. The minimum absolute atomic E-state index is 0.0887. The Balaban J connectivity index is 2.25. The lowest BCUT2D eigenvalue weighted by molar-refractivity contribution is -0.0302. The Kier molecular flexibility index (Phi) is 5.04. The molecular formula is C18H26O3. The van der Waals surface area contributed by atoms with Crippen LogP contribution in [0.25, 0.3) is 0 Å². The second-order valence-corrected chi connectivity index (χ2v) is 6.42. The van der Waals surface area contributed by atoms with Gasteiger partial charge in [0, 0.05) is 12.7 Å². The summed E-state index contributed by atoms with van der Waals surface area (Å²) in [6.45, 7) is 6.15. The molecule has 1 aliphatic carbocycles. The molecule has 1 aliphatic rings. The van der Waals surface area contributed by atoms with E-state index >= 15 is 0 Å². The molecule has 2 rings (SSSR count). The van der Waals surface area contributed by atoms with E-state index in [-0.39, 0.29) is 11.9 Å². The van der Waals surface area contributed by atoms with Crippen molar-refractivity contribution < 1.29 is 14.3 Å². The van der Waals surface area contributed by atoms with Gasteiger partial charge in [-0.3, -0.25) is 4.79 Å². The number of benzene rings is 1. The molecule has 0 aliphatic heterocycles. The van der Waals surface area contributed by atoms with Crippen molar-refractivity contribution in [2.45, 2.75) is 58.2 Å². The van der Waals surface area contributed by atoms with E-state index in [1.54, 1.807) is 7.11 Å². The molecule has 3 nitrogen and oxygen atoms in total. The molecule has 2 unspecified atom stereocenters. The van der Waals surface area contributed by atoms with Crippen molar-refractivity contribution >= 4 is 5.78 Å². The van der Waals surface area contributed by atoms with Gasteiger partial charge in [0.2, 0.25) is 0 Å². The highest BCUT2D eigenvalue weighted by Gasteiger charge is 2.42. The third-order valence-electron chi connectivity index (χ3n) is 4.23. The predicted molar refractivity (Wildman–Crippen MR) is 83.9 cm³/mol. The van der Waals surface area contributed by atoms with Crippen molar-refractivity contribution in [3.05, 3.63) is 29.8 Å². The van der Waals surface area contributed by atoms with Crippen LogP contribution in [-0.2, 0) is 4.74 Å². The molecule has 1 aromatic carbocycles. The molecule has 0 aromatic heterocycles. The Morgan fingerprint density at radius 1 is 1.38 bits per heavy atom. The number of Topliss-reactive ketones (excluding diaryl/α,β-unsaturated/α-hetero) is 1.